The van der Waals surface area contributed by atoms with Crippen LogP contribution in [0.1, 0.15) is 5.56 Å². The summed E-state index contributed by atoms with van der Waals surface area (Å²) < 4.78 is 40.5. The number of benzene rings is 2. The lowest BCUT2D eigenvalue weighted by Crippen LogP contribution is -2.04. The van der Waals surface area contributed by atoms with Gasteiger partial charge in [-0.2, -0.15) is 13.2 Å². The third-order valence-corrected chi connectivity index (χ3v) is 5.49. The van der Waals surface area contributed by atoms with Crippen LogP contribution in [0.5, 0.6) is 0 Å². The molecule has 0 atom stereocenters. The summed E-state index contributed by atoms with van der Waals surface area (Å²) in [6, 6.07) is 13.8. The average molecular weight is 447 g/mol. The molecular weight excluding hydrogens is 436 g/mol. The molecule has 150 valence electrons. The van der Waals surface area contributed by atoms with Gasteiger partial charge in [-0.05, 0) is 36.4 Å². The molecule has 30 heavy (non-hydrogen) atoms. The van der Waals surface area contributed by atoms with Crippen molar-refractivity contribution in [2.75, 3.05) is 0 Å². The quantitative estimate of drug-likeness (QED) is 0.321. The molecule has 9 heteroatoms. The predicted octanol–water partition coefficient (Wildman–Crippen LogP) is 6.87. The van der Waals surface area contributed by atoms with Crippen LogP contribution in [0, 0.1) is 0 Å². The third-order valence-electron chi connectivity index (χ3n) is 4.77. The zero-order chi connectivity index (χ0) is 21.0. The van der Waals surface area contributed by atoms with Crippen molar-refractivity contribution in [2.24, 2.45) is 0 Å². The van der Waals surface area contributed by atoms with E-state index >= 15 is 0 Å². The summed E-state index contributed by atoms with van der Waals surface area (Å²) in [7, 11) is 0. The number of rotatable bonds is 2. The van der Waals surface area contributed by atoms with E-state index in [1.807, 2.05) is 22.6 Å². The fourth-order valence-electron chi connectivity index (χ4n) is 3.34. The van der Waals surface area contributed by atoms with Crippen LogP contribution in [-0.4, -0.2) is 19.4 Å². The minimum absolute atomic E-state index is 0.391. The van der Waals surface area contributed by atoms with E-state index in [9.17, 15) is 13.2 Å². The van der Waals surface area contributed by atoms with Crippen molar-refractivity contribution >= 4 is 39.8 Å². The van der Waals surface area contributed by atoms with Gasteiger partial charge in [0, 0.05) is 11.8 Å². The second-order valence-corrected chi connectivity index (χ2v) is 7.50. The molecule has 3 heterocycles. The molecule has 0 aliphatic heterocycles. The maximum atomic E-state index is 12.9. The maximum Gasteiger partial charge on any atom is 0.416 e. The largest absolute Gasteiger partial charge is 0.416 e. The molecule has 0 saturated heterocycles. The van der Waals surface area contributed by atoms with Crippen LogP contribution in [0.4, 0.5) is 13.2 Å². The van der Waals surface area contributed by atoms with Gasteiger partial charge >= 0.3 is 6.18 Å². The molecule has 0 spiro atoms. The third kappa shape index (κ3) is 3.11. The number of alkyl halides is 3. The van der Waals surface area contributed by atoms with Gasteiger partial charge in [-0.15, -0.1) is 0 Å². The van der Waals surface area contributed by atoms with Crippen LogP contribution < -0.4 is 0 Å². The SMILES string of the molecule is FC(F)(F)c1ccc(-c2nc(-c3nc4cc(Cl)c(Cl)cc4[nH]3)c3ccccn23)cc1. The van der Waals surface area contributed by atoms with Gasteiger partial charge in [0.05, 0.1) is 32.2 Å². The average Bonchev–Trinajstić information content (AvgIpc) is 3.29. The van der Waals surface area contributed by atoms with Gasteiger partial charge in [0.1, 0.15) is 11.5 Å². The Hall–Kier alpha value is -3.03. The van der Waals surface area contributed by atoms with Gasteiger partial charge < -0.3 is 4.98 Å². The Kier molecular flexibility index (Phi) is 4.27. The molecule has 0 fully saturated rings. The summed E-state index contributed by atoms with van der Waals surface area (Å²) in [6.07, 6.45) is -2.59. The van der Waals surface area contributed by atoms with Gasteiger partial charge in [0.2, 0.25) is 0 Å². The molecule has 5 rings (SSSR count). The van der Waals surface area contributed by atoms with Crippen LogP contribution in [-0.2, 0) is 6.18 Å². The number of aromatic amines is 1. The lowest BCUT2D eigenvalue weighted by Gasteiger charge is -2.07. The van der Waals surface area contributed by atoms with Crippen molar-refractivity contribution in [3.8, 4) is 22.9 Å². The monoisotopic (exact) mass is 446 g/mol. The van der Waals surface area contributed by atoms with Crippen molar-refractivity contribution in [1.29, 1.82) is 0 Å². The van der Waals surface area contributed by atoms with E-state index in [1.54, 1.807) is 18.3 Å². The molecule has 0 aliphatic rings. The molecule has 2 aromatic carbocycles. The number of fused-ring (bicyclic) bond motifs is 2. The van der Waals surface area contributed by atoms with E-state index in [-0.39, 0.29) is 0 Å². The summed E-state index contributed by atoms with van der Waals surface area (Å²) in [5, 5.41) is 0.793. The second kappa shape index (κ2) is 6.75. The number of hydrogen-bond donors (Lipinski definition) is 1. The molecule has 0 amide bonds. The number of H-pyrrole nitrogens is 1. The van der Waals surface area contributed by atoms with E-state index in [1.165, 1.54) is 12.1 Å². The maximum absolute atomic E-state index is 12.9. The number of nitrogens with zero attached hydrogens (tertiary/aromatic N) is 3. The summed E-state index contributed by atoms with van der Waals surface area (Å²) in [5.74, 6) is 1.01. The summed E-state index contributed by atoms with van der Waals surface area (Å²) >= 11 is 12.2. The van der Waals surface area contributed by atoms with E-state index in [0.29, 0.717) is 44.0 Å². The second-order valence-electron chi connectivity index (χ2n) is 6.68. The summed E-state index contributed by atoms with van der Waals surface area (Å²) in [6.45, 7) is 0. The Morgan fingerprint density at radius 3 is 2.37 bits per heavy atom. The molecule has 0 unspecified atom stereocenters. The van der Waals surface area contributed by atoms with E-state index in [2.05, 4.69) is 15.0 Å². The Bertz CT molecular complexity index is 1360. The van der Waals surface area contributed by atoms with Crippen molar-refractivity contribution in [3.05, 3.63) is 76.4 Å². The van der Waals surface area contributed by atoms with Gasteiger partial charge in [-0.1, -0.05) is 41.4 Å². The van der Waals surface area contributed by atoms with E-state index in [4.69, 9.17) is 23.2 Å². The first kappa shape index (κ1) is 19.0. The van der Waals surface area contributed by atoms with Crippen molar-refractivity contribution in [1.82, 2.24) is 19.4 Å². The number of pyridine rings is 1. The molecule has 1 N–H and O–H groups in total. The molecule has 0 aliphatic carbocycles. The lowest BCUT2D eigenvalue weighted by molar-refractivity contribution is -0.137. The Labute approximate surface area is 177 Å². The number of halogens is 5. The van der Waals surface area contributed by atoms with Gasteiger partial charge in [-0.25, -0.2) is 9.97 Å². The Morgan fingerprint density at radius 1 is 0.900 bits per heavy atom. The van der Waals surface area contributed by atoms with Gasteiger partial charge in [0.25, 0.3) is 0 Å². The molecule has 3 aromatic heterocycles. The smallest absolute Gasteiger partial charge is 0.337 e. The van der Waals surface area contributed by atoms with Crippen LogP contribution in [0.15, 0.2) is 60.8 Å². The summed E-state index contributed by atoms with van der Waals surface area (Å²) in [4.78, 5) is 12.4. The van der Waals surface area contributed by atoms with Crippen molar-refractivity contribution in [2.45, 2.75) is 6.18 Å². The minimum atomic E-state index is -4.39. The number of aromatic nitrogens is 4. The number of imidazole rings is 2. The first-order chi connectivity index (χ1) is 14.3. The van der Waals surface area contributed by atoms with Gasteiger partial charge in [-0.3, -0.25) is 4.40 Å². The number of nitrogens with one attached hydrogen (secondary N) is 1. The van der Waals surface area contributed by atoms with Crippen LogP contribution >= 0.6 is 23.2 Å². The fourth-order valence-corrected chi connectivity index (χ4v) is 3.66. The fraction of sp³-hybridized carbons (Fsp3) is 0.0476. The lowest BCUT2D eigenvalue weighted by atomic mass is 10.1. The zero-order valence-electron chi connectivity index (χ0n) is 15.0. The highest BCUT2D eigenvalue weighted by Crippen LogP contribution is 2.34. The highest BCUT2D eigenvalue weighted by Gasteiger charge is 2.30. The van der Waals surface area contributed by atoms with E-state index < -0.39 is 11.7 Å². The Balaban J connectivity index is 1.68. The van der Waals surface area contributed by atoms with E-state index in [0.717, 1.165) is 17.6 Å². The topological polar surface area (TPSA) is 46.0 Å². The minimum Gasteiger partial charge on any atom is -0.337 e. The Morgan fingerprint density at radius 2 is 1.63 bits per heavy atom. The first-order valence-electron chi connectivity index (χ1n) is 8.81. The standard InChI is InChI=1S/C21H11Cl2F3N4/c22-13-9-15-16(10-14(13)23)28-19(27-15)18-17-3-1-2-8-30(17)20(29-18)11-4-6-12(7-5-11)21(24,25)26/h1-10H,(H,27,28). The van der Waals surface area contributed by atoms with Crippen LogP contribution in [0.3, 0.4) is 0 Å². The first-order valence-corrected chi connectivity index (χ1v) is 9.57. The molecule has 0 radical (unpaired) electrons. The highest BCUT2D eigenvalue weighted by molar-refractivity contribution is 6.42. The molecular formula is C21H11Cl2F3N4. The van der Waals surface area contributed by atoms with Crippen LogP contribution in [0.25, 0.3) is 39.5 Å². The molecule has 0 bridgehead atoms. The predicted molar refractivity (Wildman–Crippen MR) is 111 cm³/mol. The molecule has 5 aromatic rings. The normalized spacial score (nSPS) is 12.2. The van der Waals surface area contributed by atoms with Crippen LogP contribution in [0.2, 0.25) is 10.0 Å². The zero-order valence-corrected chi connectivity index (χ0v) is 16.5. The highest BCUT2D eigenvalue weighted by atomic mass is 35.5. The van der Waals surface area contributed by atoms with Gasteiger partial charge in [0.15, 0.2) is 5.82 Å². The molecule has 0 saturated carbocycles. The van der Waals surface area contributed by atoms with Crippen molar-refractivity contribution < 1.29 is 13.2 Å². The summed E-state index contributed by atoms with van der Waals surface area (Å²) in [5.41, 5.74) is 2.49. The molecule has 4 nitrogen and oxygen atoms in total. The number of hydrogen-bond acceptors (Lipinski definition) is 2. The van der Waals surface area contributed by atoms with Crippen molar-refractivity contribution in [3.63, 3.8) is 0 Å².